The Kier molecular flexibility index (Phi) is 4.98. The molecule has 0 aromatic rings. The Bertz CT molecular complexity index is 364. The number of carbonyl (C=O) groups is 2. The van der Waals surface area contributed by atoms with Gasteiger partial charge in [0.05, 0.1) is 25.8 Å². The summed E-state index contributed by atoms with van der Waals surface area (Å²) in [6.45, 7) is 2.90. The first-order valence-corrected chi connectivity index (χ1v) is 5.78. The van der Waals surface area contributed by atoms with Crippen LogP contribution < -0.4 is 0 Å². The van der Waals surface area contributed by atoms with E-state index in [0.717, 1.165) is 0 Å². The van der Waals surface area contributed by atoms with Gasteiger partial charge in [-0.3, -0.25) is 4.79 Å². The first kappa shape index (κ1) is 14.3. The van der Waals surface area contributed by atoms with Gasteiger partial charge in [0.1, 0.15) is 5.92 Å². The van der Waals surface area contributed by atoms with E-state index in [1.807, 2.05) is 6.92 Å². The van der Waals surface area contributed by atoms with Gasteiger partial charge in [0.2, 0.25) is 0 Å². The van der Waals surface area contributed by atoms with Gasteiger partial charge >= 0.3 is 12.0 Å². The molecule has 2 amide bonds. The zero-order valence-electron chi connectivity index (χ0n) is 10.6. The molecule has 0 radical (unpaired) electrons. The molecule has 18 heavy (non-hydrogen) atoms. The van der Waals surface area contributed by atoms with Gasteiger partial charge in [0.25, 0.3) is 0 Å². The largest absolute Gasteiger partial charge is 0.481 e. The number of carbonyl (C=O) groups excluding carboxylic acids is 1. The second-order valence-corrected chi connectivity index (χ2v) is 4.16. The molecule has 1 heterocycles. The maximum absolute atomic E-state index is 12.1. The van der Waals surface area contributed by atoms with Crippen molar-refractivity contribution in [3.8, 4) is 12.3 Å². The van der Waals surface area contributed by atoms with Crippen LogP contribution >= 0.6 is 0 Å². The van der Waals surface area contributed by atoms with Gasteiger partial charge in [-0.25, -0.2) is 4.79 Å². The van der Waals surface area contributed by atoms with E-state index in [1.54, 1.807) is 7.05 Å². The fourth-order valence-electron chi connectivity index (χ4n) is 1.95. The minimum atomic E-state index is -0.947. The monoisotopic (exact) mass is 254 g/mol. The highest BCUT2D eigenvalue weighted by Gasteiger charge is 2.39. The first-order valence-electron chi connectivity index (χ1n) is 5.78. The van der Waals surface area contributed by atoms with Gasteiger partial charge in [-0.1, -0.05) is 5.92 Å². The number of carboxylic acids is 1. The van der Waals surface area contributed by atoms with Crippen LogP contribution in [-0.2, 0) is 9.53 Å². The van der Waals surface area contributed by atoms with Crippen molar-refractivity contribution in [2.45, 2.75) is 13.0 Å². The predicted molar refractivity (Wildman–Crippen MR) is 65.0 cm³/mol. The van der Waals surface area contributed by atoms with Gasteiger partial charge < -0.3 is 19.6 Å². The van der Waals surface area contributed by atoms with Crippen LogP contribution in [0.25, 0.3) is 0 Å². The Hall–Kier alpha value is -1.74. The topological polar surface area (TPSA) is 70.1 Å². The fraction of sp³-hybridized carbons (Fsp3) is 0.667. The molecule has 1 aliphatic heterocycles. The molecule has 6 heteroatoms. The van der Waals surface area contributed by atoms with E-state index in [9.17, 15) is 9.59 Å². The third-order valence-corrected chi connectivity index (χ3v) is 3.10. The third kappa shape index (κ3) is 2.93. The molecule has 1 saturated heterocycles. The zero-order chi connectivity index (χ0) is 13.7. The summed E-state index contributed by atoms with van der Waals surface area (Å²) in [5, 5.41) is 9.05. The van der Waals surface area contributed by atoms with Gasteiger partial charge in [0.15, 0.2) is 0 Å². The second kappa shape index (κ2) is 6.26. The van der Waals surface area contributed by atoms with Crippen molar-refractivity contribution in [3.63, 3.8) is 0 Å². The molecule has 0 saturated carbocycles. The lowest BCUT2D eigenvalue weighted by molar-refractivity contribution is -0.142. The predicted octanol–water partition coefficient (Wildman–Crippen LogP) is 0.0929. The van der Waals surface area contributed by atoms with Crippen LogP contribution in [0, 0.1) is 18.3 Å². The normalized spacial score (nSPS) is 22.3. The molecule has 0 aromatic heterocycles. The molecule has 0 aliphatic carbocycles. The number of aliphatic carboxylic acids is 1. The molecule has 1 rings (SSSR count). The summed E-state index contributed by atoms with van der Waals surface area (Å²) in [4.78, 5) is 26.1. The lowest BCUT2D eigenvalue weighted by Crippen LogP contribution is -2.50. The van der Waals surface area contributed by atoms with Crippen molar-refractivity contribution in [2.24, 2.45) is 5.92 Å². The van der Waals surface area contributed by atoms with E-state index in [4.69, 9.17) is 16.3 Å². The van der Waals surface area contributed by atoms with Crippen LogP contribution in [-0.4, -0.2) is 66.3 Å². The minimum absolute atomic E-state index is 0.138. The smallest absolute Gasteiger partial charge is 0.320 e. The highest BCUT2D eigenvalue weighted by Crippen LogP contribution is 2.20. The Labute approximate surface area is 106 Å². The van der Waals surface area contributed by atoms with E-state index in [1.165, 1.54) is 9.80 Å². The van der Waals surface area contributed by atoms with E-state index >= 15 is 0 Å². The number of hydrogen-bond donors (Lipinski definition) is 1. The van der Waals surface area contributed by atoms with Gasteiger partial charge in [-0.05, 0) is 6.92 Å². The third-order valence-electron chi connectivity index (χ3n) is 3.10. The molecule has 6 nitrogen and oxygen atoms in total. The van der Waals surface area contributed by atoms with E-state index in [-0.39, 0.29) is 25.8 Å². The lowest BCUT2D eigenvalue weighted by Gasteiger charge is -2.31. The van der Waals surface area contributed by atoms with Crippen LogP contribution in [0.15, 0.2) is 0 Å². The number of urea groups is 1. The van der Waals surface area contributed by atoms with E-state index < -0.39 is 17.9 Å². The Balaban J connectivity index is 2.74. The molecule has 0 bridgehead atoms. The molecule has 100 valence electrons. The number of nitrogens with zero attached hydrogens (tertiary/aromatic N) is 2. The molecule has 1 aliphatic rings. The number of carboxylic acid groups (broad SMARTS) is 1. The van der Waals surface area contributed by atoms with Crippen molar-refractivity contribution >= 4 is 12.0 Å². The van der Waals surface area contributed by atoms with Crippen molar-refractivity contribution < 1.29 is 19.4 Å². The maximum atomic E-state index is 12.1. The quantitative estimate of drug-likeness (QED) is 0.722. The maximum Gasteiger partial charge on any atom is 0.320 e. The summed E-state index contributed by atoms with van der Waals surface area (Å²) < 4.78 is 5.14. The zero-order valence-corrected chi connectivity index (χ0v) is 10.6. The van der Waals surface area contributed by atoms with Crippen LogP contribution in [0.5, 0.6) is 0 Å². The molecule has 2 unspecified atom stereocenters. The highest BCUT2D eigenvalue weighted by molar-refractivity contribution is 5.77. The Morgan fingerprint density at radius 1 is 1.50 bits per heavy atom. The van der Waals surface area contributed by atoms with Gasteiger partial charge in [0, 0.05) is 13.6 Å². The molecule has 1 fully saturated rings. The summed E-state index contributed by atoms with van der Waals surface area (Å²) in [7, 11) is 1.58. The minimum Gasteiger partial charge on any atom is -0.481 e. The van der Waals surface area contributed by atoms with Gasteiger partial charge in [-0.2, -0.15) is 0 Å². The summed E-state index contributed by atoms with van der Waals surface area (Å²) in [5.41, 5.74) is 0. The summed E-state index contributed by atoms with van der Waals surface area (Å²) in [6.07, 6.45) is 5.19. The first-order chi connectivity index (χ1) is 8.52. The SMILES string of the molecule is C#CCN(CC)C(=O)N(C)C1COCC1C(=O)O. The number of rotatable bonds is 4. The van der Waals surface area contributed by atoms with Crippen molar-refractivity contribution in [1.29, 1.82) is 0 Å². The number of likely N-dealkylation sites (N-methyl/N-ethyl adjacent to an activating group) is 1. The average molecular weight is 254 g/mol. The van der Waals surface area contributed by atoms with Gasteiger partial charge in [-0.15, -0.1) is 6.42 Å². The number of ether oxygens (including phenoxy) is 1. The molecule has 2 atom stereocenters. The van der Waals surface area contributed by atoms with Crippen LogP contribution in [0.4, 0.5) is 4.79 Å². The second-order valence-electron chi connectivity index (χ2n) is 4.16. The molecular weight excluding hydrogens is 236 g/mol. The molecule has 0 aromatic carbocycles. The number of amides is 2. The van der Waals surface area contributed by atoms with Crippen LogP contribution in [0.1, 0.15) is 6.92 Å². The van der Waals surface area contributed by atoms with Crippen molar-refractivity contribution in [1.82, 2.24) is 9.80 Å². The van der Waals surface area contributed by atoms with E-state index in [2.05, 4.69) is 5.92 Å². The van der Waals surface area contributed by atoms with Crippen molar-refractivity contribution in [2.75, 3.05) is 33.4 Å². The van der Waals surface area contributed by atoms with Crippen LogP contribution in [0.2, 0.25) is 0 Å². The Morgan fingerprint density at radius 2 is 2.17 bits per heavy atom. The fourth-order valence-corrected chi connectivity index (χ4v) is 1.95. The molecule has 1 N–H and O–H groups in total. The average Bonchev–Trinajstić information content (AvgIpc) is 2.83. The summed E-state index contributed by atoms with van der Waals surface area (Å²) >= 11 is 0. The number of terminal acetylenes is 1. The molecular formula is C12H18N2O4. The Morgan fingerprint density at radius 3 is 2.67 bits per heavy atom. The summed E-state index contributed by atoms with van der Waals surface area (Å²) in [6, 6.07) is -0.709. The highest BCUT2D eigenvalue weighted by atomic mass is 16.5. The standard InChI is InChI=1S/C12H18N2O4/c1-4-6-14(5-2)12(17)13(3)10-8-18-7-9(10)11(15)16/h1,9-10H,5-8H2,2-3H3,(H,15,16). The van der Waals surface area contributed by atoms with Crippen molar-refractivity contribution in [3.05, 3.63) is 0 Å². The summed E-state index contributed by atoms with van der Waals surface area (Å²) in [5.74, 6) is 0.786. The lowest BCUT2D eigenvalue weighted by atomic mass is 10.0. The number of hydrogen-bond acceptors (Lipinski definition) is 3. The van der Waals surface area contributed by atoms with E-state index in [0.29, 0.717) is 6.54 Å². The molecule has 0 spiro atoms. The van der Waals surface area contributed by atoms with Crippen LogP contribution in [0.3, 0.4) is 0 Å².